The van der Waals surface area contributed by atoms with Crippen LogP contribution in [0.15, 0.2) is 12.2 Å². The van der Waals surface area contributed by atoms with Crippen LogP contribution in [0.2, 0.25) is 0 Å². The Balaban J connectivity index is 2.32. The second kappa shape index (κ2) is 3.45. The topological polar surface area (TPSA) is 57.6 Å². The Kier molecular flexibility index (Phi) is 2.38. The van der Waals surface area contributed by atoms with Gasteiger partial charge in [0.2, 0.25) is 11.8 Å². The van der Waals surface area contributed by atoms with Crippen LogP contribution in [-0.2, 0) is 9.59 Å². The molecule has 1 fully saturated rings. The zero-order valence-corrected chi connectivity index (χ0v) is 8.77. The predicted octanol–water partition coefficient (Wildman–Crippen LogP) is 0.320. The highest BCUT2D eigenvalue weighted by atomic mass is 16.3. The summed E-state index contributed by atoms with van der Waals surface area (Å²) < 4.78 is 0. The number of hydrogen-bond donors (Lipinski definition) is 1. The van der Waals surface area contributed by atoms with Crippen LogP contribution >= 0.6 is 0 Å². The molecule has 1 aliphatic carbocycles. The van der Waals surface area contributed by atoms with Gasteiger partial charge in [-0.2, -0.15) is 0 Å². The van der Waals surface area contributed by atoms with E-state index in [2.05, 4.69) is 0 Å². The second-order valence-electron chi connectivity index (χ2n) is 4.40. The molecule has 0 unspecified atom stereocenters. The standard InChI is InChI=1S/C11H15NO3/c1-11-5-3-2-4-8(11)9(14)12(6-7-13)10(11)15/h2-3,8,13H,4-7H2,1H3/t8-,11-/m1/s1. The van der Waals surface area contributed by atoms with E-state index in [0.29, 0.717) is 12.8 Å². The van der Waals surface area contributed by atoms with Gasteiger partial charge in [0.05, 0.1) is 24.5 Å². The minimum atomic E-state index is -0.568. The molecule has 1 N–H and O–H groups in total. The highest BCUT2D eigenvalue weighted by Crippen LogP contribution is 2.45. The third-order valence-electron chi connectivity index (χ3n) is 3.47. The van der Waals surface area contributed by atoms with Gasteiger partial charge < -0.3 is 5.11 Å². The summed E-state index contributed by atoms with van der Waals surface area (Å²) in [4.78, 5) is 25.1. The number of β-amino-alcohol motifs (C(OH)–C–C–N with tert-alkyl or cyclic N) is 1. The predicted molar refractivity (Wildman–Crippen MR) is 53.8 cm³/mol. The van der Waals surface area contributed by atoms with Crippen LogP contribution in [0, 0.1) is 11.3 Å². The molecule has 0 radical (unpaired) electrons. The molecule has 0 aromatic heterocycles. The van der Waals surface area contributed by atoms with Crippen molar-refractivity contribution in [2.75, 3.05) is 13.2 Å². The van der Waals surface area contributed by atoms with E-state index in [1.807, 2.05) is 19.1 Å². The maximum Gasteiger partial charge on any atom is 0.236 e. The van der Waals surface area contributed by atoms with E-state index in [9.17, 15) is 9.59 Å². The second-order valence-corrected chi connectivity index (χ2v) is 4.40. The molecule has 0 aromatic rings. The summed E-state index contributed by atoms with van der Waals surface area (Å²) in [6.45, 7) is 1.82. The molecule has 2 rings (SSSR count). The fourth-order valence-electron chi connectivity index (χ4n) is 2.48. The molecule has 4 nitrogen and oxygen atoms in total. The Morgan fingerprint density at radius 1 is 1.53 bits per heavy atom. The number of hydrogen-bond acceptors (Lipinski definition) is 3. The molecule has 1 saturated heterocycles. The summed E-state index contributed by atoms with van der Waals surface area (Å²) in [6.07, 6.45) is 5.19. The Hall–Kier alpha value is -1.16. The van der Waals surface area contributed by atoms with Crippen LogP contribution in [-0.4, -0.2) is 35.0 Å². The van der Waals surface area contributed by atoms with E-state index in [0.717, 1.165) is 0 Å². The van der Waals surface area contributed by atoms with Gasteiger partial charge in [-0.1, -0.05) is 12.2 Å². The Labute approximate surface area is 88.6 Å². The molecule has 1 aliphatic heterocycles. The van der Waals surface area contributed by atoms with Crippen molar-refractivity contribution >= 4 is 11.8 Å². The normalized spacial score (nSPS) is 34.8. The minimum absolute atomic E-state index is 0.124. The lowest BCUT2D eigenvalue weighted by molar-refractivity contribution is -0.141. The van der Waals surface area contributed by atoms with Crippen molar-refractivity contribution in [1.29, 1.82) is 0 Å². The van der Waals surface area contributed by atoms with E-state index < -0.39 is 5.41 Å². The zero-order chi connectivity index (χ0) is 11.1. The van der Waals surface area contributed by atoms with Crippen LogP contribution in [0.5, 0.6) is 0 Å². The summed E-state index contributed by atoms with van der Waals surface area (Å²) in [5.41, 5.74) is -0.568. The summed E-state index contributed by atoms with van der Waals surface area (Å²) in [6, 6.07) is 0. The van der Waals surface area contributed by atoms with Crippen LogP contribution in [0.4, 0.5) is 0 Å². The third-order valence-corrected chi connectivity index (χ3v) is 3.47. The van der Waals surface area contributed by atoms with E-state index in [4.69, 9.17) is 5.11 Å². The van der Waals surface area contributed by atoms with Gasteiger partial charge in [0, 0.05) is 0 Å². The molecule has 1 heterocycles. The van der Waals surface area contributed by atoms with E-state index in [1.165, 1.54) is 4.90 Å². The van der Waals surface area contributed by atoms with Gasteiger partial charge in [-0.3, -0.25) is 14.5 Å². The van der Waals surface area contributed by atoms with Crippen LogP contribution in [0.25, 0.3) is 0 Å². The summed E-state index contributed by atoms with van der Waals surface area (Å²) in [5.74, 6) is -0.474. The largest absolute Gasteiger partial charge is 0.395 e. The number of carbonyl (C=O) groups is 2. The number of allylic oxidation sites excluding steroid dienone is 2. The van der Waals surface area contributed by atoms with Gasteiger partial charge in [0.1, 0.15) is 0 Å². The maximum atomic E-state index is 12.0. The SMILES string of the molecule is C[C@@]12CC=CC[C@@H]1C(=O)N(CCO)C2=O. The quantitative estimate of drug-likeness (QED) is 0.526. The zero-order valence-electron chi connectivity index (χ0n) is 8.77. The number of imide groups is 1. The molecule has 0 spiro atoms. The first-order valence-corrected chi connectivity index (χ1v) is 5.23. The highest BCUT2D eigenvalue weighted by Gasteiger charge is 2.55. The number of amides is 2. The van der Waals surface area contributed by atoms with E-state index in [-0.39, 0.29) is 30.9 Å². The first-order chi connectivity index (χ1) is 7.11. The monoisotopic (exact) mass is 209 g/mol. The molecular weight excluding hydrogens is 194 g/mol. The van der Waals surface area contributed by atoms with Crippen molar-refractivity contribution in [3.8, 4) is 0 Å². The number of nitrogens with zero attached hydrogens (tertiary/aromatic N) is 1. The Morgan fingerprint density at radius 2 is 2.27 bits per heavy atom. The summed E-state index contributed by atoms with van der Waals surface area (Å²) in [7, 11) is 0. The lowest BCUT2D eigenvalue weighted by atomic mass is 9.72. The highest BCUT2D eigenvalue weighted by molar-refractivity contribution is 6.07. The number of rotatable bonds is 2. The van der Waals surface area contributed by atoms with Gasteiger partial charge >= 0.3 is 0 Å². The fraction of sp³-hybridized carbons (Fsp3) is 0.636. The van der Waals surface area contributed by atoms with E-state index in [1.54, 1.807) is 0 Å². The van der Waals surface area contributed by atoms with Crippen LogP contribution in [0.3, 0.4) is 0 Å². The third kappa shape index (κ3) is 1.32. The summed E-state index contributed by atoms with van der Waals surface area (Å²) in [5, 5.41) is 8.82. The van der Waals surface area contributed by atoms with E-state index >= 15 is 0 Å². The molecule has 2 aliphatic rings. The molecule has 0 saturated carbocycles. The number of aliphatic hydroxyl groups is 1. The lowest BCUT2D eigenvalue weighted by Crippen LogP contribution is -2.36. The first kappa shape index (κ1) is 10.4. The van der Waals surface area contributed by atoms with Gasteiger partial charge in [0.25, 0.3) is 0 Å². The average Bonchev–Trinajstić information content (AvgIpc) is 2.41. The van der Waals surface area contributed by atoms with Gasteiger partial charge in [-0.25, -0.2) is 0 Å². The molecule has 0 bridgehead atoms. The lowest BCUT2D eigenvalue weighted by Gasteiger charge is -2.27. The fourth-order valence-corrected chi connectivity index (χ4v) is 2.48. The maximum absolute atomic E-state index is 12.0. The molecule has 82 valence electrons. The summed E-state index contributed by atoms with van der Waals surface area (Å²) >= 11 is 0. The number of aliphatic hydroxyl groups excluding tert-OH is 1. The molecule has 0 aromatic carbocycles. The Bertz CT molecular complexity index is 337. The van der Waals surface area contributed by atoms with Crippen molar-refractivity contribution in [3.05, 3.63) is 12.2 Å². The molecule has 2 amide bonds. The van der Waals surface area contributed by atoms with Gasteiger partial charge in [-0.05, 0) is 19.8 Å². The van der Waals surface area contributed by atoms with Crippen LogP contribution < -0.4 is 0 Å². The average molecular weight is 209 g/mol. The van der Waals surface area contributed by atoms with Crippen molar-refractivity contribution in [3.63, 3.8) is 0 Å². The van der Waals surface area contributed by atoms with Crippen molar-refractivity contribution in [2.45, 2.75) is 19.8 Å². The van der Waals surface area contributed by atoms with Crippen molar-refractivity contribution in [1.82, 2.24) is 4.90 Å². The minimum Gasteiger partial charge on any atom is -0.395 e. The van der Waals surface area contributed by atoms with Gasteiger partial charge in [0.15, 0.2) is 0 Å². The van der Waals surface area contributed by atoms with Crippen LogP contribution in [0.1, 0.15) is 19.8 Å². The molecule has 15 heavy (non-hydrogen) atoms. The van der Waals surface area contributed by atoms with Crippen molar-refractivity contribution < 1.29 is 14.7 Å². The smallest absolute Gasteiger partial charge is 0.236 e. The molecular formula is C11H15NO3. The number of fused-ring (bicyclic) bond motifs is 1. The first-order valence-electron chi connectivity index (χ1n) is 5.23. The number of carbonyl (C=O) groups excluding carboxylic acids is 2. The van der Waals surface area contributed by atoms with Gasteiger partial charge in [-0.15, -0.1) is 0 Å². The molecule has 4 heteroatoms. The van der Waals surface area contributed by atoms with Crippen molar-refractivity contribution in [2.24, 2.45) is 11.3 Å². The Morgan fingerprint density at radius 3 is 2.87 bits per heavy atom. The molecule has 2 atom stereocenters. The number of likely N-dealkylation sites (tertiary alicyclic amines) is 1.